The number of aromatic hydroxyl groups is 2. The van der Waals surface area contributed by atoms with Gasteiger partial charge in [-0.15, -0.1) is 0 Å². The Morgan fingerprint density at radius 1 is 1.14 bits per heavy atom. The average molecular weight is 481 g/mol. The van der Waals surface area contributed by atoms with Crippen molar-refractivity contribution in [1.82, 2.24) is 0 Å². The van der Waals surface area contributed by atoms with Gasteiger partial charge >= 0.3 is 0 Å². The highest BCUT2D eigenvalue weighted by Gasteiger charge is 2.30. The lowest BCUT2D eigenvalue weighted by molar-refractivity contribution is -0.0691. The second-order valence-electron chi connectivity index (χ2n) is 9.72. The first kappa shape index (κ1) is 26.3. The molecule has 1 aliphatic heterocycles. The summed E-state index contributed by atoms with van der Waals surface area (Å²) in [7, 11) is 0. The van der Waals surface area contributed by atoms with Crippen LogP contribution in [0.15, 0.2) is 59.7 Å². The number of phenolic OH excluding ortho intramolecular Hbond substituents is 2. The van der Waals surface area contributed by atoms with Gasteiger partial charge in [0.05, 0.1) is 34.3 Å². The zero-order valence-electron chi connectivity index (χ0n) is 20.9. The Morgan fingerprint density at radius 3 is 2.60 bits per heavy atom. The SMILES string of the molecule is CC(C)=CCCC(C)(O)C(O)CC/C(C)=C/CN1C(=O)c2cccc(O)c2Nc2ccc(O)cc21. The van der Waals surface area contributed by atoms with Crippen LogP contribution in [0.3, 0.4) is 0 Å². The van der Waals surface area contributed by atoms with Gasteiger partial charge in [0.15, 0.2) is 0 Å². The van der Waals surface area contributed by atoms with E-state index in [-0.39, 0.29) is 24.0 Å². The van der Waals surface area contributed by atoms with E-state index in [2.05, 4.69) is 5.32 Å². The summed E-state index contributed by atoms with van der Waals surface area (Å²) in [5, 5.41) is 44.7. The number of carbonyl (C=O) groups is 1. The van der Waals surface area contributed by atoms with Gasteiger partial charge in [0.1, 0.15) is 11.5 Å². The molecule has 2 aromatic carbocycles. The van der Waals surface area contributed by atoms with Crippen molar-refractivity contribution in [1.29, 1.82) is 0 Å². The van der Waals surface area contributed by atoms with Crippen LogP contribution in [0.1, 0.15) is 63.7 Å². The van der Waals surface area contributed by atoms with Crippen molar-refractivity contribution in [2.24, 2.45) is 0 Å². The second-order valence-corrected chi connectivity index (χ2v) is 9.72. The minimum atomic E-state index is -1.18. The molecule has 1 heterocycles. The summed E-state index contributed by atoms with van der Waals surface area (Å²) in [6, 6.07) is 9.47. The van der Waals surface area contributed by atoms with Gasteiger partial charge in [-0.1, -0.05) is 29.4 Å². The van der Waals surface area contributed by atoms with Crippen LogP contribution in [0.4, 0.5) is 17.1 Å². The fraction of sp³-hybridized carbons (Fsp3) is 0.393. The molecule has 2 aromatic rings. The lowest BCUT2D eigenvalue weighted by atomic mass is 9.89. The predicted molar refractivity (Wildman–Crippen MR) is 139 cm³/mol. The Bertz CT molecular complexity index is 1130. The number of allylic oxidation sites excluding steroid dienone is 3. The average Bonchev–Trinajstić information content (AvgIpc) is 2.90. The first-order valence-corrected chi connectivity index (χ1v) is 11.9. The minimum Gasteiger partial charge on any atom is -0.508 e. The Morgan fingerprint density at radius 2 is 1.89 bits per heavy atom. The summed E-state index contributed by atoms with van der Waals surface area (Å²) in [4.78, 5) is 15.0. The van der Waals surface area contributed by atoms with E-state index in [1.54, 1.807) is 30.0 Å². The molecule has 0 radical (unpaired) electrons. The predicted octanol–water partition coefficient (Wildman–Crippen LogP) is 5.39. The molecule has 5 N–H and O–H groups in total. The third-order valence-corrected chi connectivity index (χ3v) is 6.41. The molecule has 7 heteroatoms. The highest BCUT2D eigenvalue weighted by atomic mass is 16.3. The number of hydrogen-bond donors (Lipinski definition) is 5. The number of hydrogen-bond acceptors (Lipinski definition) is 6. The molecule has 1 amide bonds. The standard InChI is InChI=1S/C28H36N2O5/c1-18(2)7-6-15-28(4,35)25(33)13-10-19(3)14-16-30-23-17-20(31)11-12-22(23)29-26-21(27(30)34)8-5-9-24(26)32/h5,7-9,11-12,14,17,25,29,31-33,35H,6,10,13,15-16H2,1-4H3/b19-14+. The monoisotopic (exact) mass is 480 g/mol. The molecule has 0 aromatic heterocycles. The normalized spacial score (nSPS) is 15.9. The van der Waals surface area contributed by atoms with E-state index in [9.17, 15) is 25.2 Å². The van der Waals surface area contributed by atoms with Crippen LogP contribution in [0.5, 0.6) is 11.5 Å². The van der Waals surface area contributed by atoms with Crippen molar-refractivity contribution >= 4 is 23.0 Å². The van der Waals surface area contributed by atoms with E-state index >= 15 is 0 Å². The number of anilines is 3. The van der Waals surface area contributed by atoms with Crippen LogP contribution < -0.4 is 10.2 Å². The molecule has 35 heavy (non-hydrogen) atoms. The van der Waals surface area contributed by atoms with E-state index in [1.807, 2.05) is 32.9 Å². The zero-order chi connectivity index (χ0) is 25.8. The van der Waals surface area contributed by atoms with Crippen LogP contribution in [0.2, 0.25) is 0 Å². The van der Waals surface area contributed by atoms with Gasteiger partial charge in [-0.05, 0) is 77.6 Å². The van der Waals surface area contributed by atoms with Gasteiger partial charge < -0.3 is 30.6 Å². The molecule has 2 unspecified atom stereocenters. The molecule has 3 rings (SSSR count). The van der Waals surface area contributed by atoms with Gasteiger partial charge in [0, 0.05) is 12.6 Å². The molecule has 0 spiro atoms. The molecule has 2 atom stereocenters. The van der Waals surface area contributed by atoms with Gasteiger partial charge in [0.25, 0.3) is 5.91 Å². The fourth-order valence-corrected chi connectivity index (χ4v) is 4.11. The summed E-state index contributed by atoms with van der Waals surface area (Å²) in [6.45, 7) is 7.84. The zero-order valence-corrected chi connectivity index (χ0v) is 20.9. The number of nitrogens with one attached hydrogen (secondary N) is 1. The largest absolute Gasteiger partial charge is 0.508 e. The maximum Gasteiger partial charge on any atom is 0.260 e. The van der Waals surface area contributed by atoms with Crippen LogP contribution in [-0.4, -0.2) is 44.6 Å². The maximum absolute atomic E-state index is 13.4. The molecule has 7 nitrogen and oxygen atoms in total. The molecule has 188 valence electrons. The topological polar surface area (TPSA) is 113 Å². The van der Waals surface area contributed by atoms with Crippen LogP contribution in [0, 0.1) is 0 Å². The second kappa shape index (κ2) is 11.0. The molecule has 0 saturated heterocycles. The minimum absolute atomic E-state index is 0.0256. The Labute approximate surface area is 207 Å². The van der Waals surface area contributed by atoms with Crippen molar-refractivity contribution in [2.75, 3.05) is 16.8 Å². The molecule has 1 aliphatic rings. The number of rotatable bonds is 9. The number of amides is 1. The van der Waals surface area contributed by atoms with Crippen molar-refractivity contribution in [2.45, 2.75) is 65.1 Å². The highest BCUT2D eigenvalue weighted by molar-refractivity contribution is 6.14. The third-order valence-electron chi connectivity index (χ3n) is 6.41. The highest BCUT2D eigenvalue weighted by Crippen LogP contribution is 2.41. The Kier molecular flexibility index (Phi) is 8.25. The van der Waals surface area contributed by atoms with Crippen molar-refractivity contribution < 1.29 is 25.2 Å². The molecular weight excluding hydrogens is 444 g/mol. The number of phenols is 2. The number of aliphatic hydroxyl groups excluding tert-OH is 1. The smallest absolute Gasteiger partial charge is 0.260 e. The van der Waals surface area contributed by atoms with Gasteiger partial charge in [-0.3, -0.25) is 4.79 Å². The van der Waals surface area contributed by atoms with E-state index in [1.165, 1.54) is 23.8 Å². The van der Waals surface area contributed by atoms with E-state index in [4.69, 9.17) is 0 Å². The maximum atomic E-state index is 13.4. The van der Waals surface area contributed by atoms with Crippen molar-refractivity contribution in [3.05, 3.63) is 65.3 Å². The number of benzene rings is 2. The molecule has 0 saturated carbocycles. The van der Waals surface area contributed by atoms with E-state index in [0.29, 0.717) is 48.3 Å². The number of nitrogens with zero attached hydrogens (tertiary/aromatic N) is 1. The summed E-state index contributed by atoms with van der Waals surface area (Å²) in [5.41, 5.74) is 2.70. The van der Waals surface area contributed by atoms with Gasteiger partial charge in [-0.2, -0.15) is 0 Å². The summed E-state index contributed by atoms with van der Waals surface area (Å²) in [6.07, 6.45) is 5.22. The van der Waals surface area contributed by atoms with Crippen LogP contribution in [-0.2, 0) is 0 Å². The summed E-state index contributed by atoms with van der Waals surface area (Å²) < 4.78 is 0. The summed E-state index contributed by atoms with van der Waals surface area (Å²) >= 11 is 0. The third kappa shape index (κ3) is 6.44. The lowest BCUT2D eigenvalue weighted by Gasteiger charge is -2.29. The fourth-order valence-electron chi connectivity index (χ4n) is 4.11. The Balaban J connectivity index is 1.75. The van der Waals surface area contributed by atoms with Crippen LogP contribution >= 0.6 is 0 Å². The summed E-state index contributed by atoms with van der Waals surface area (Å²) in [5.74, 6) is -0.314. The van der Waals surface area contributed by atoms with E-state index in [0.717, 1.165) is 5.57 Å². The first-order chi connectivity index (χ1) is 16.5. The van der Waals surface area contributed by atoms with Crippen LogP contribution in [0.25, 0.3) is 0 Å². The van der Waals surface area contributed by atoms with Gasteiger partial charge in [0.2, 0.25) is 0 Å². The molecule has 0 fully saturated rings. The quantitative estimate of drug-likeness (QED) is 0.187. The van der Waals surface area contributed by atoms with Crippen molar-refractivity contribution in [3.63, 3.8) is 0 Å². The Hall–Kier alpha value is -3.29. The molecular formula is C28H36N2O5. The van der Waals surface area contributed by atoms with E-state index < -0.39 is 11.7 Å². The molecule has 0 aliphatic carbocycles. The number of para-hydroxylation sites is 1. The number of aliphatic hydroxyl groups is 2. The lowest BCUT2D eigenvalue weighted by Crippen LogP contribution is -2.39. The molecule has 0 bridgehead atoms. The van der Waals surface area contributed by atoms with Gasteiger partial charge in [-0.25, -0.2) is 0 Å². The number of fused-ring (bicyclic) bond motifs is 2. The van der Waals surface area contributed by atoms with Crippen molar-refractivity contribution in [3.8, 4) is 11.5 Å². The first-order valence-electron chi connectivity index (χ1n) is 11.9. The number of carbonyl (C=O) groups excluding carboxylic acids is 1.